The minimum atomic E-state index is 0.771. The van der Waals surface area contributed by atoms with Gasteiger partial charge < -0.3 is 5.32 Å². The maximum atomic E-state index is 3.60. The smallest absolute Gasteiger partial charge is 0.0139 e. The molecule has 0 radical (unpaired) electrons. The molecule has 1 heterocycles. The molecule has 2 aliphatic rings. The maximum Gasteiger partial charge on any atom is 0.0139 e. The fourth-order valence-electron chi connectivity index (χ4n) is 2.54. The van der Waals surface area contributed by atoms with Gasteiger partial charge in [-0.2, -0.15) is 0 Å². The zero-order valence-electron chi connectivity index (χ0n) is 7.74. The van der Waals surface area contributed by atoms with Gasteiger partial charge in [0.15, 0.2) is 0 Å². The normalized spacial score (nSPS) is 35.8. The fraction of sp³-hybridized carbons (Fsp3) is 0.500. The molecule has 1 heteroatoms. The molecule has 0 amide bonds. The summed E-state index contributed by atoms with van der Waals surface area (Å²) in [5, 5.41) is 3.60. The van der Waals surface area contributed by atoms with Crippen molar-refractivity contribution in [2.24, 2.45) is 11.8 Å². The lowest BCUT2D eigenvalue weighted by atomic mass is 10.0. The highest BCUT2D eigenvalue weighted by molar-refractivity contribution is 5.18. The van der Waals surface area contributed by atoms with Crippen molar-refractivity contribution in [3.8, 4) is 0 Å². The van der Waals surface area contributed by atoms with E-state index in [0.29, 0.717) is 0 Å². The third kappa shape index (κ3) is 1.37. The van der Waals surface area contributed by atoms with Crippen molar-refractivity contribution in [1.82, 2.24) is 5.32 Å². The topological polar surface area (TPSA) is 12.0 Å². The minimum absolute atomic E-state index is 0.771. The van der Waals surface area contributed by atoms with E-state index in [1.54, 1.807) is 0 Å². The van der Waals surface area contributed by atoms with E-state index in [2.05, 4.69) is 35.6 Å². The standard InChI is InChI=1S/C12H15N/c1-2-4-9(5-3-1)6-12-11-7-10(11)8-13-12/h1-5,10-13H,6-8H2/t10-,11-,12+/m0/s1. The molecule has 1 saturated heterocycles. The molecule has 0 bridgehead atoms. The zero-order valence-corrected chi connectivity index (χ0v) is 7.74. The first-order valence-electron chi connectivity index (χ1n) is 5.21. The summed E-state index contributed by atoms with van der Waals surface area (Å²) in [4.78, 5) is 0. The predicted molar refractivity (Wildman–Crippen MR) is 53.5 cm³/mol. The molecular formula is C12H15N. The van der Waals surface area contributed by atoms with E-state index in [1.807, 2.05) is 0 Å². The Hall–Kier alpha value is -0.820. The molecule has 0 spiro atoms. The first-order valence-corrected chi connectivity index (χ1v) is 5.21. The monoisotopic (exact) mass is 173 g/mol. The lowest BCUT2D eigenvalue weighted by Gasteiger charge is -2.12. The van der Waals surface area contributed by atoms with Crippen molar-refractivity contribution in [3.63, 3.8) is 0 Å². The van der Waals surface area contributed by atoms with Gasteiger partial charge in [0.05, 0.1) is 0 Å². The molecule has 0 aromatic heterocycles. The van der Waals surface area contributed by atoms with Crippen LogP contribution in [0.25, 0.3) is 0 Å². The highest BCUT2D eigenvalue weighted by atomic mass is 15.0. The second-order valence-corrected chi connectivity index (χ2v) is 4.36. The van der Waals surface area contributed by atoms with E-state index in [-0.39, 0.29) is 0 Å². The number of benzene rings is 1. The molecule has 1 aliphatic carbocycles. The molecule has 1 aliphatic heterocycles. The van der Waals surface area contributed by atoms with E-state index < -0.39 is 0 Å². The Bertz CT molecular complexity index is 293. The van der Waals surface area contributed by atoms with Crippen molar-refractivity contribution >= 4 is 0 Å². The molecule has 1 aromatic rings. The molecule has 1 nitrogen and oxygen atoms in total. The summed E-state index contributed by atoms with van der Waals surface area (Å²) < 4.78 is 0. The number of rotatable bonds is 2. The van der Waals surface area contributed by atoms with Gasteiger partial charge in [-0.15, -0.1) is 0 Å². The fourth-order valence-corrected chi connectivity index (χ4v) is 2.54. The number of hydrogen-bond donors (Lipinski definition) is 1. The lowest BCUT2D eigenvalue weighted by molar-refractivity contribution is 0.531. The quantitative estimate of drug-likeness (QED) is 0.719. The summed E-state index contributed by atoms with van der Waals surface area (Å²) in [5.74, 6) is 2.02. The minimum Gasteiger partial charge on any atom is -0.313 e. The average Bonchev–Trinajstić information content (AvgIpc) is 2.86. The van der Waals surface area contributed by atoms with Crippen LogP contribution in [0, 0.1) is 11.8 Å². The highest BCUT2D eigenvalue weighted by Crippen LogP contribution is 2.45. The molecule has 1 saturated carbocycles. The third-order valence-corrected chi connectivity index (χ3v) is 3.43. The van der Waals surface area contributed by atoms with Crippen molar-refractivity contribution in [2.45, 2.75) is 18.9 Å². The molecule has 1 aromatic carbocycles. The number of nitrogens with one attached hydrogen (secondary N) is 1. The van der Waals surface area contributed by atoms with Gasteiger partial charge in [-0.1, -0.05) is 30.3 Å². The largest absolute Gasteiger partial charge is 0.313 e. The van der Waals surface area contributed by atoms with Gasteiger partial charge in [-0.25, -0.2) is 0 Å². The van der Waals surface area contributed by atoms with Gasteiger partial charge in [0.25, 0.3) is 0 Å². The van der Waals surface area contributed by atoms with E-state index in [4.69, 9.17) is 0 Å². The summed E-state index contributed by atoms with van der Waals surface area (Å²) in [6, 6.07) is 11.6. The zero-order chi connectivity index (χ0) is 8.67. The van der Waals surface area contributed by atoms with Gasteiger partial charge in [-0.3, -0.25) is 0 Å². The van der Waals surface area contributed by atoms with Crippen LogP contribution >= 0.6 is 0 Å². The summed E-state index contributed by atoms with van der Waals surface area (Å²) in [7, 11) is 0. The lowest BCUT2D eigenvalue weighted by Crippen LogP contribution is -2.28. The van der Waals surface area contributed by atoms with Crippen molar-refractivity contribution in [3.05, 3.63) is 35.9 Å². The predicted octanol–water partition coefficient (Wildman–Crippen LogP) is 1.84. The Morgan fingerprint density at radius 2 is 2.08 bits per heavy atom. The molecule has 1 N–H and O–H groups in total. The van der Waals surface area contributed by atoms with Crippen molar-refractivity contribution in [1.29, 1.82) is 0 Å². The van der Waals surface area contributed by atoms with Gasteiger partial charge >= 0.3 is 0 Å². The molecule has 13 heavy (non-hydrogen) atoms. The van der Waals surface area contributed by atoms with Crippen molar-refractivity contribution in [2.75, 3.05) is 6.54 Å². The van der Waals surface area contributed by atoms with Crippen LogP contribution in [0.3, 0.4) is 0 Å². The molecule has 0 unspecified atom stereocenters. The van der Waals surface area contributed by atoms with E-state index in [1.165, 1.54) is 24.9 Å². The summed E-state index contributed by atoms with van der Waals surface area (Å²) >= 11 is 0. The Morgan fingerprint density at radius 1 is 1.23 bits per heavy atom. The van der Waals surface area contributed by atoms with Crippen LogP contribution in [0.1, 0.15) is 12.0 Å². The first-order chi connectivity index (χ1) is 6.43. The van der Waals surface area contributed by atoms with Crippen LogP contribution in [0.5, 0.6) is 0 Å². The van der Waals surface area contributed by atoms with Crippen LogP contribution in [-0.4, -0.2) is 12.6 Å². The average molecular weight is 173 g/mol. The van der Waals surface area contributed by atoms with Crippen LogP contribution in [0.4, 0.5) is 0 Å². The van der Waals surface area contributed by atoms with E-state index >= 15 is 0 Å². The molecular weight excluding hydrogens is 158 g/mol. The molecule has 68 valence electrons. The van der Waals surface area contributed by atoms with Crippen molar-refractivity contribution < 1.29 is 0 Å². The van der Waals surface area contributed by atoms with Crippen LogP contribution in [0.2, 0.25) is 0 Å². The SMILES string of the molecule is c1ccc(C[C@H]2NC[C@@H]3C[C@@H]32)cc1. The summed E-state index contributed by atoms with van der Waals surface area (Å²) in [6.45, 7) is 1.27. The molecule has 3 atom stereocenters. The highest BCUT2D eigenvalue weighted by Gasteiger charge is 2.47. The van der Waals surface area contributed by atoms with Crippen LogP contribution < -0.4 is 5.32 Å². The molecule has 3 rings (SSSR count). The second kappa shape index (κ2) is 2.85. The number of piperidine rings is 1. The van der Waals surface area contributed by atoms with Crippen LogP contribution in [0.15, 0.2) is 30.3 Å². The maximum absolute atomic E-state index is 3.60. The molecule has 2 fully saturated rings. The van der Waals surface area contributed by atoms with Gasteiger partial charge in [-0.05, 0) is 36.8 Å². The Balaban J connectivity index is 1.69. The summed E-state index contributed by atoms with van der Waals surface area (Å²) in [6.07, 6.45) is 2.70. The van der Waals surface area contributed by atoms with Crippen LogP contribution in [-0.2, 0) is 6.42 Å². The van der Waals surface area contributed by atoms with E-state index in [9.17, 15) is 0 Å². The van der Waals surface area contributed by atoms with Gasteiger partial charge in [0.1, 0.15) is 0 Å². The number of hydrogen-bond acceptors (Lipinski definition) is 1. The van der Waals surface area contributed by atoms with E-state index in [0.717, 1.165) is 17.9 Å². The third-order valence-electron chi connectivity index (χ3n) is 3.43. The Kier molecular flexibility index (Phi) is 1.66. The Morgan fingerprint density at radius 3 is 2.69 bits per heavy atom. The second-order valence-electron chi connectivity index (χ2n) is 4.36. The first kappa shape index (κ1) is 7.57. The van der Waals surface area contributed by atoms with Gasteiger partial charge in [0.2, 0.25) is 0 Å². The van der Waals surface area contributed by atoms with Gasteiger partial charge in [0, 0.05) is 6.04 Å². The Labute approximate surface area is 79.2 Å². The number of fused-ring (bicyclic) bond motifs is 1. The summed E-state index contributed by atoms with van der Waals surface area (Å²) in [5.41, 5.74) is 1.48.